The molecular formula is C21H26FN5O2S2. The van der Waals surface area contributed by atoms with E-state index >= 15 is 0 Å². The highest BCUT2D eigenvalue weighted by atomic mass is 32.2. The first-order valence-corrected chi connectivity index (χ1v) is 12.6. The number of benzene rings is 1. The molecule has 2 saturated heterocycles. The maximum absolute atomic E-state index is 14.2. The van der Waals surface area contributed by atoms with Gasteiger partial charge in [0, 0.05) is 70.2 Å². The molecule has 2 aliphatic heterocycles. The predicted molar refractivity (Wildman–Crippen MR) is 125 cm³/mol. The number of halogens is 1. The van der Waals surface area contributed by atoms with Gasteiger partial charge in [-0.3, -0.25) is 9.78 Å². The average Bonchev–Trinajstić information content (AvgIpc) is 2.78. The summed E-state index contributed by atoms with van der Waals surface area (Å²) in [5.41, 5.74) is 1.91. The Kier molecular flexibility index (Phi) is 6.90. The number of aromatic nitrogens is 1. The number of hydrogen-bond donors (Lipinski definition) is 0. The van der Waals surface area contributed by atoms with E-state index in [1.807, 2.05) is 9.71 Å². The van der Waals surface area contributed by atoms with E-state index in [-0.39, 0.29) is 11.7 Å². The number of fused-ring (bicyclic) bond motifs is 1. The lowest BCUT2D eigenvalue weighted by molar-refractivity contribution is 0.0701. The SMILES string of the molecule is C=CSN1CCN(c2c(C(=O)N3CCN(S(C)=O)CC3)cnc3ccc(F)cc23)CC1. The molecule has 10 heteroatoms. The second-order valence-corrected chi connectivity index (χ2v) is 9.94. The summed E-state index contributed by atoms with van der Waals surface area (Å²) in [7, 11) is -1.04. The molecule has 0 N–H and O–H groups in total. The Morgan fingerprint density at radius 3 is 2.52 bits per heavy atom. The van der Waals surface area contributed by atoms with E-state index in [0.717, 1.165) is 31.9 Å². The van der Waals surface area contributed by atoms with Gasteiger partial charge in [-0.1, -0.05) is 18.5 Å². The maximum atomic E-state index is 14.2. The van der Waals surface area contributed by atoms with E-state index in [4.69, 9.17) is 0 Å². The molecule has 166 valence electrons. The summed E-state index contributed by atoms with van der Waals surface area (Å²) in [5.74, 6) is -0.460. The fraction of sp³-hybridized carbons (Fsp3) is 0.429. The van der Waals surface area contributed by atoms with Gasteiger partial charge < -0.3 is 9.80 Å². The molecule has 0 aliphatic carbocycles. The highest BCUT2D eigenvalue weighted by Gasteiger charge is 2.29. The van der Waals surface area contributed by atoms with Crippen LogP contribution >= 0.6 is 11.9 Å². The molecule has 2 aromatic rings. The van der Waals surface area contributed by atoms with E-state index in [1.54, 1.807) is 35.4 Å². The van der Waals surface area contributed by atoms with Gasteiger partial charge in [0.25, 0.3) is 5.91 Å². The van der Waals surface area contributed by atoms with E-state index < -0.39 is 11.0 Å². The van der Waals surface area contributed by atoms with Crippen molar-refractivity contribution in [3.8, 4) is 0 Å². The van der Waals surface area contributed by atoms with E-state index in [1.165, 1.54) is 12.1 Å². The number of rotatable bonds is 5. The molecule has 31 heavy (non-hydrogen) atoms. The molecule has 2 fully saturated rings. The van der Waals surface area contributed by atoms with Crippen LogP contribution < -0.4 is 4.90 Å². The Labute approximate surface area is 188 Å². The monoisotopic (exact) mass is 463 g/mol. The van der Waals surface area contributed by atoms with Gasteiger partial charge in [0.2, 0.25) is 0 Å². The molecule has 4 rings (SSSR count). The largest absolute Gasteiger partial charge is 0.368 e. The summed E-state index contributed by atoms with van der Waals surface area (Å²) < 4.78 is 30.0. The van der Waals surface area contributed by atoms with Crippen LogP contribution in [0.15, 0.2) is 36.4 Å². The van der Waals surface area contributed by atoms with Crippen molar-refractivity contribution >= 4 is 45.4 Å². The maximum Gasteiger partial charge on any atom is 0.257 e. The lowest BCUT2D eigenvalue weighted by atomic mass is 10.1. The van der Waals surface area contributed by atoms with Gasteiger partial charge in [0.05, 0.1) is 27.8 Å². The molecule has 0 saturated carbocycles. The lowest BCUT2D eigenvalue weighted by Crippen LogP contribution is -2.49. The Bertz CT molecular complexity index is 1000. The molecule has 0 spiro atoms. The highest BCUT2D eigenvalue weighted by Crippen LogP contribution is 2.33. The molecular weight excluding hydrogens is 437 g/mol. The summed E-state index contributed by atoms with van der Waals surface area (Å²) in [6.45, 7) is 8.97. The van der Waals surface area contributed by atoms with Crippen molar-refractivity contribution in [2.24, 2.45) is 0 Å². The predicted octanol–water partition coefficient (Wildman–Crippen LogP) is 2.34. The summed E-state index contributed by atoms with van der Waals surface area (Å²) in [5, 5.41) is 2.47. The Balaban J connectivity index is 1.67. The zero-order chi connectivity index (χ0) is 22.0. The zero-order valence-electron chi connectivity index (χ0n) is 17.5. The number of nitrogens with zero attached hydrogens (tertiary/aromatic N) is 5. The molecule has 7 nitrogen and oxygen atoms in total. The van der Waals surface area contributed by atoms with Crippen LogP contribution in [0, 0.1) is 5.82 Å². The minimum absolute atomic E-state index is 0.113. The molecule has 1 unspecified atom stereocenters. The molecule has 0 radical (unpaired) electrons. The van der Waals surface area contributed by atoms with Crippen molar-refractivity contribution in [2.75, 3.05) is 63.5 Å². The van der Waals surface area contributed by atoms with Gasteiger partial charge in [-0.2, -0.15) is 0 Å². The van der Waals surface area contributed by atoms with E-state index in [0.29, 0.717) is 42.6 Å². The van der Waals surface area contributed by atoms with Crippen molar-refractivity contribution in [3.05, 3.63) is 47.8 Å². The van der Waals surface area contributed by atoms with Crippen LogP contribution in [0.5, 0.6) is 0 Å². The van der Waals surface area contributed by atoms with Gasteiger partial charge in [-0.05, 0) is 23.6 Å². The molecule has 1 atom stereocenters. The Hall–Kier alpha value is -2.01. The molecule has 1 amide bonds. The van der Waals surface area contributed by atoms with E-state index in [9.17, 15) is 13.4 Å². The average molecular weight is 464 g/mol. The Morgan fingerprint density at radius 1 is 1.16 bits per heavy atom. The number of carbonyl (C=O) groups excluding carboxylic acids is 1. The van der Waals surface area contributed by atoms with Gasteiger partial charge in [-0.15, -0.1) is 0 Å². The second-order valence-electron chi connectivity index (χ2n) is 7.52. The summed E-state index contributed by atoms with van der Waals surface area (Å²) in [6.07, 6.45) is 3.27. The minimum Gasteiger partial charge on any atom is -0.368 e. The van der Waals surface area contributed by atoms with Crippen LogP contribution in [0.2, 0.25) is 0 Å². The van der Waals surface area contributed by atoms with Crippen LogP contribution in [0.1, 0.15) is 10.4 Å². The molecule has 3 heterocycles. The quantitative estimate of drug-likeness (QED) is 0.635. The van der Waals surface area contributed by atoms with Crippen molar-refractivity contribution < 1.29 is 13.4 Å². The highest BCUT2D eigenvalue weighted by molar-refractivity contribution is 7.99. The van der Waals surface area contributed by atoms with Crippen molar-refractivity contribution in [1.29, 1.82) is 0 Å². The molecule has 1 aromatic heterocycles. The minimum atomic E-state index is -1.04. The lowest BCUT2D eigenvalue weighted by Gasteiger charge is -2.37. The van der Waals surface area contributed by atoms with Crippen LogP contribution in [0.4, 0.5) is 10.1 Å². The first-order valence-electron chi connectivity index (χ1n) is 10.2. The van der Waals surface area contributed by atoms with Gasteiger partial charge in [0.15, 0.2) is 0 Å². The number of carbonyl (C=O) groups is 1. The number of anilines is 1. The standard InChI is InChI=1S/C21H26FN5O2S2/c1-3-30-26-10-6-24(7-11-26)20-17-14-16(22)4-5-19(17)23-15-18(20)21(28)25-8-12-27(13-9-25)31(2)29/h3-5,14-15H,1,6-13H2,2H3. The smallest absolute Gasteiger partial charge is 0.257 e. The Morgan fingerprint density at radius 2 is 1.87 bits per heavy atom. The number of piperazine rings is 2. The van der Waals surface area contributed by atoms with Crippen LogP contribution in [-0.2, 0) is 11.0 Å². The fourth-order valence-corrected chi connectivity index (χ4v) is 5.35. The summed E-state index contributed by atoms with van der Waals surface area (Å²) in [6, 6.07) is 4.52. The first kappa shape index (κ1) is 22.2. The normalized spacial score (nSPS) is 19.5. The van der Waals surface area contributed by atoms with Crippen LogP contribution in [0.25, 0.3) is 10.9 Å². The molecule has 2 aliphatic rings. The fourth-order valence-electron chi connectivity index (χ4n) is 4.09. The van der Waals surface area contributed by atoms with Crippen molar-refractivity contribution in [1.82, 2.24) is 18.5 Å². The van der Waals surface area contributed by atoms with Gasteiger partial charge in [-0.25, -0.2) is 17.2 Å². The van der Waals surface area contributed by atoms with Crippen molar-refractivity contribution in [3.63, 3.8) is 0 Å². The number of hydrogen-bond acceptors (Lipinski definition) is 6. The molecule has 0 bridgehead atoms. The molecule has 1 aromatic carbocycles. The number of amides is 1. The third-order valence-electron chi connectivity index (χ3n) is 5.70. The third-order valence-corrected chi connectivity index (χ3v) is 7.60. The summed E-state index contributed by atoms with van der Waals surface area (Å²) in [4.78, 5) is 21.9. The van der Waals surface area contributed by atoms with Gasteiger partial charge >= 0.3 is 0 Å². The summed E-state index contributed by atoms with van der Waals surface area (Å²) >= 11 is 1.58. The topological polar surface area (TPSA) is 60.0 Å². The van der Waals surface area contributed by atoms with Gasteiger partial charge in [0.1, 0.15) is 5.82 Å². The zero-order valence-corrected chi connectivity index (χ0v) is 19.1. The van der Waals surface area contributed by atoms with E-state index in [2.05, 4.69) is 20.8 Å². The first-order chi connectivity index (χ1) is 15.0. The van der Waals surface area contributed by atoms with Crippen LogP contribution in [-0.4, -0.2) is 87.2 Å². The second kappa shape index (κ2) is 9.64. The third kappa shape index (κ3) is 4.77. The van der Waals surface area contributed by atoms with Crippen molar-refractivity contribution in [2.45, 2.75) is 0 Å². The van der Waals surface area contributed by atoms with Crippen LogP contribution in [0.3, 0.4) is 0 Å². The number of pyridine rings is 1.